The second kappa shape index (κ2) is 4.62. The van der Waals surface area contributed by atoms with Crippen molar-refractivity contribution in [2.24, 2.45) is 0 Å². The van der Waals surface area contributed by atoms with Crippen molar-refractivity contribution in [3.63, 3.8) is 0 Å². The first-order valence-corrected chi connectivity index (χ1v) is 6.55. The lowest BCUT2D eigenvalue weighted by Gasteiger charge is -2.12. The van der Waals surface area contributed by atoms with Crippen molar-refractivity contribution >= 4 is 28.9 Å². The number of halogens is 3. The van der Waals surface area contributed by atoms with Crippen molar-refractivity contribution in [3.8, 4) is 11.4 Å². The SMILES string of the molecule is CN1CCc2cc(-c3nc(Cl)c(F)c(Cl)n3)ccc21. The summed E-state index contributed by atoms with van der Waals surface area (Å²) in [6.45, 7) is 0.991. The Morgan fingerprint density at radius 3 is 2.58 bits per heavy atom. The largest absolute Gasteiger partial charge is 0.374 e. The van der Waals surface area contributed by atoms with Gasteiger partial charge in [0.2, 0.25) is 0 Å². The highest BCUT2D eigenvalue weighted by Gasteiger charge is 2.18. The van der Waals surface area contributed by atoms with Gasteiger partial charge in [0.25, 0.3) is 0 Å². The van der Waals surface area contributed by atoms with Crippen molar-refractivity contribution in [1.29, 1.82) is 0 Å². The molecule has 19 heavy (non-hydrogen) atoms. The fourth-order valence-electron chi connectivity index (χ4n) is 2.23. The van der Waals surface area contributed by atoms with Crippen LogP contribution in [0.15, 0.2) is 18.2 Å². The minimum atomic E-state index is -0.784. The predicted octanol–water partition coefficient (Wildman–Crippen LogP) is 3.58. The maximum atomic E-state index is 13.3. The van der Waals surface area contributed by atoms with Gasteiger partial charge in [0.15, 0.2) is 21.9 Å². The monoisotopic (exact) mass is 297 g/mol. The molecular formula is C13H10Cl2FN3. The fraction of sp³-hybridized carbons (Fsp3) is 0.231. The van der Waals surface area contributed by atoms with E-state index < -0.39 is 5.82 Å². The summed E-state index contributed by atoms with van der Waals surface area (Å²) in [7, 11) is 2.05. The molecular weight excluding hydrogens is 288 g/mol. The van der Waals surface area contributed by atoms with Crippen LogP contribution in [0.2, 0.25) is 10.3 Å². The third-order valence-electron chi connectivity index (χ3n) is 3.24. The Bertz CT molecular complexity index is 637. The zero-order valence-electron chi connectivity index (χ0n) is 10.1. The summed E-state index contributed by atoms with van der Waals surface area (Å²) in [6.07, 6.45) is 0.975. The van der Waals surface area contributed by atoms with E-state index >= 15 is 0 Å². The van der Waals surface area contributed by atoms with E-state index in [0.29, 0.717) is 5.82 Å². The lowest BCUT2D eigenvalue weighted by Crippen LogP contribution is -2.12. The van der Waals surface area contributed by atoms with Crippen LogP contribution in [-0.4, -0.2) is 23.6 Å². The molecule has 2 heterocycles. The number of nitrogens with zero attached hydrogens (tertiary/aromatic N) is 3. The molecule has 1 aromatic heterocycles. The number of likely N-dealkylation sites (N-methyl/N-ethyl adjacent to an activating group) is 1. The van der Waals surface area contributed by atoms with Crippen LogP contribution in [0.3, 0.4) is 0 Å². The maximum Gasteiger partial charge on any atom is 0.197 e. The molecule has 0 N–H and O–H groups in total. The number of benzene rings is 1. The number of anilines is 1. The number of hydrogen-bond donors (Lipinski definition) is 0. The molecule has 0 unspecified atom stereocenters. The second-order valence-corrected chi connectivity index (χ2v) is 5.17. The van der Waals surface area contributed by atoms with E-state index in [2.05, 4.69) is 14.9 Å². The molecule has 6 heteroatoms. The Morgan fingerprint density at radius 1 is 1.21 bits per heavy atom. The molecule has 1 aromatic carbocycles. The lowest BCUT2D eigenvalue weighted by molar-refractivity contribution is 0.615. The highest BCUT2D eigenvalue weighted by Crippen LogP contribution is 2.31. The quantitative estimate of drug-likeness (QED) is 0.754. The van der Waals surface area contributed by atoms with Crippen molar-refractivity contribution in [2.45, 2.75) is 6.42 Å². The molecule has 0 atom stereocenters. The molecule has 3 rings (SSSR count). The minimum absolute atomic E-state index is 0.257. The Kier molecular flexibility index (Phi) is 3.07. The van der Waals surface area contributed by atoms with E-state index in [9.17, 15) is 4.39 Å². The molecule has 0 aliphatic carbocycles. The highest BCUT2D eigenvalue weighted by atomic mass is 35.5. The van der Waals surface area contributed by atoms with Crippen LogP contribution in [0.5, 0.6) is 0 Å². The molecule has 98 valence electrons. The van der Waals surface area contributed by atoms with Gasteiger partial charge in [0, 0.05) is 24.8 Å². The molecule has 0 fully saturated rings. The van der Waals surface area contributed by atoms with Gasteiger partial charge in [-0.2, -0.15) is 0 Å². The van der Waals surface area contributed by atoms with E-state index in [1.807, 2.05) is 25.2 Å². The van der Waals surface area contributed by atoms with E-state index in [4.69, 9.17) is 23.2 Å². The summed E-state index contributed by atoms with van der Waals surface area (Å²) in [6, 6.07) is 5.89. The van der Waals surface area contributed by atoms with Crippen LogP contribution < -0.4 is 4.90 Å². The van der Waals surface area contributed by atoms with Crippen LogP contribution in [0, 0.1) is 5.82 Å². The minimum Gasteiger partial charge on any atom is -0.374 e. The standard InChI is InChI=1S/C13H10Cl2FN3/c1-19-5-4-7-6-8(2-3-9(7)19)13-17-11(14)10(16)12(15)18-13/h2-3,6H,4-5H2,1H3. The first-order chi connectivity index (χ1) is 9.06. The van der Waals surface area contributed by atoms with Gasteiger partial charge in [0.1, 0.15) is 0 Å². The van der Waals surface area contributed by atoms with Crippen molar-refractivity contribution in [1.82, 2.24) is 9.97 Å². The molecule has 0 spiro atoms. The van der Waals surface area contributed by atoms with Crippen LogP contribution in [0.25, 0.3) is 11.4 Å². The van der Waals surface area contributed by atoms with Gasteiger partial charge in [-0.25, -0.2) is 14.4 Å². The van der Waals surface area contributed by atoms with Gasteiger partial charge in [0.05, 0.1) is 0 Å². The molecule has 0 saturated carbocycles. The summed E-state index contributed by atoms with van der Waals surface area (Å²) >= 11 is 11.4. The summed E-state index contributed by atoms with van der Waals surface area (Å²) in [4.78, 5) is 10.0. The number of aromatic nitrogens is 2. The average molecular weight is 298 g/mol. The molecule has 0 saturated heterocycles. The van der Waals surface area contributed by atoms with Gasteiger partial charge in [-0.1, -0.05) is 23.2 Å². The average Bonchev–Trinajstić information content (AvgIpc) is 2.76. The first-order valence-electron chi connectivity index (χ1n) is 5.79. The third kappa shape index (κ3) is 2.15. The summed E-state index contributed by atoms with van der Waals surface area (Å²) in [5, 5.41) is -0.514. The molecule has 2 aromatic rings. The van der Waals surface area contributed by atoms with Crippen molar-refractivity contribution < 1.29 is 4.39 Å². The van der Waals surface area contributed by atoms with Gasteiger partial charge >= 0.3 is 0 Å². The molecule has 0 radical (unpaired) electrons. The van der Waals surface area contributed by atoms with Crippen LogP contribution >= 0.6 is 23.2 Å². The smallest absolute Gasteiger partial charge is 0.197 e. The number of fused-ring (bicyclic) bond motifs is 1. The number of rotatable bonds is 1. The van der Waals surface area contributed by atoms with Crippen molar-refractivity contribution in [2.75, 3.05) is 18.5 Å². The van der Waals surface area contributed by atoms with Crippen LogP contribution in [0.1, 0.15) is 5.56 Å². The topological polar surface area (TPSA) is 29.0 Å². The molecule has 0 amide bonds. The van der Waals surface area contributed by atoms with E-state index in [0.717, 1.165) is 18.5 Å². The predicted molar refractivity (Wildman–Crippen MR) is 74.4 cm³/mol. The molecule has 3 nitrogen and oxygen atoms in total. The first kappa shape index (κ1) is 12.6. The zero-order chi connectivity index (χ0) is 13.6. The third-order valence-corrected chi connectivity index (χ3v) is 3.74. The lowest BCUT2D eigenvalue weighted by atomic mass is 10.1. The van der Waals surface area contributed by atoms with E-state index in [1.54, 1.807) is 0 Å². The molecule has 1 aliphatic heterocycles. The molecule has 1 aliphatic rings. The van der Waals surface area contributed by atoms with Gasteiger partial charge in [-0.3, -0.25) is 0 Å². The summed E-state index contributed by atoms with van der Waals surface area (Å²) in [5.41, 5.74) is 3.21. The van der Waals surface area contributed by atoms with Crippen LogP contribution in [-0.2, 0) is 6.42 Å². The van der Waals surface area contributed by atoms with Gasteiger partial charge < -0.3 is 4.90 Å². The number of hydrogen-bond acceptors (Lipinski definition) is 3. The normalized spacial score (nSPS) is 13.8. The maximum absolute atomic E-state index is 13.3. The zero-order valence-corrected chi connectivity index (χ0v) is 11.6. The molecule has 0 bridgehead atoms. The van der Waals surface area contributed by atoms with E-state index in [1.165, 1.54) is 11.3 Å². The Hall–Kier alpha value is -1.39. The van der Waals surface area contributed by atoms with Crippen molar-refractivity contribution in [3.05, 3.63) is 39.9 Å². The Balaban J connectivity index is 2.08. The summed E-state index contributed by atoms with van der Waals surface area (Å²) in [5.74, 6) is -0.443. The van der Waals surface area contributed by atoms with E-state index in [-0.39, 0.29) is 10.3 Å². The Morgan fingerprint density at radius 2 is 1.89 bits per heavy atom. The highest BCUT2D eigenvalue weighted by molar-refractivity contribution is 6.33. The van der Waals surface area contributed by atoms with Gasteiger partial charge in [-0.15, -0.1) is 0 Å². The van der Waals surface area contributed by atoms with Crippen LogP contribution in [0.4, 0.5) is 10.1 Å². The fourth-order valence-corrected chi connectivity index (χ4v) is 2.62. The summed E-state index contributed by atoms with van der Waals surface area (Å²) < 4.78 is 13.3. The van der Waals surface area contributed by atoms with Gasteiger partial charge in [-0.05, 0) is 30.2 Å². The second-order valence-electron chi connectivity index (χ2n) is 4.46. The Labute approximate surface area is 120 Å².